The van der Waals surface area contributed by atoms with Gasteiger partial charge in [-0.1, -0.05) is 0 Å². The Morgan fingerprint density at radius 3 is 1.33 bits per heavy atom. The second kappa shape index (κ2) is 31.2. The molecule has 5 heteroatoms. The van der Waals surface area contributed by atoms with Gasteiger partial charge in [0.2, 0.25) is 0 Å². The molecule has 0 amide bonds. The van der Waals surface area contributed by atoms with Crippen LogP contribution >= 0.6 is 0 Å². The van der Waals surface area contributed by atoms with Gasteiger partial charge in [0.25, 0.3) is 6.47 Å². The number of halogens is 2. The van der Waals surface area contributed by atoms with Crippen LogP contribution in [0.5, 0.6) is 0 Å². The molecule has 0 bridgehead atoms. The van der Waals surface area contributed by atoms with Crippen molar-refractivity contribution in [2.24, 2.45) is 0 Å². The van der Waals surface area contributed by atoms with Crippen molar-refractivity contribution in [2.75, 3.05) is 0 Å². The van der Waals surface area contributed by atoms with Crippen molar-refractivity contribution < 1.29 is 34.7 Å². The van der Waals surface area contributed by atoms with E-state index in [-0.39, 0.29) is 76.8 Å². The van der Waals surface area contributed by atoms with Gasteiger partial charge >= 0.3 is 45.5 Å². The minimum atomic E-state index is -0.250. The maximum absolute atomic E-state index is 8.36. The second-order valence-electron chi connectivity index (χ2n) is 0.105. The van der Waals surface area contributed by atoms with Crippen LogP contribution in [0.2, 0.25) is 0 Å². The summed E-state index contributed by atoms with van der Waals surface area (Å²) in [6.07, 6.45) is 0. The van der Waals surface area contributed by atoms with E-state index in [1.54, 1.807) is 0 Å². The van der Waals surface area contributed by atoms with Crippen molar-refractivity contribution in [1.29, 1.82) is 0 Å². The van der Waals surface area contributed by atoms with E-state index in [0.717, 1.165) is 0 Å². The topological polar surface area (TPSA) is 37.3 Å². The molecule has 34 valence electrons. The summed E-state index contributed by atoms with van der Waals surface area (Å²) in [5.41, 5.74) is 0. The van der Waals surface area contributed by atoms with Gasteiger partial charge in [-0.15, -0.1) is 0 Å². The van der Waals surface area contributed by atoms with E-state index in [9.17, 15) is 0 Å². The first-order valence-electron chi connectivity index (χ1n) is 0.494. The van der Waals surface area contributed by atoms with E-state index in [2.05, 4.69) is 0 Å². The average Bonchev–Trinajstić information content (AvgIpc) is 0.918. The maximum Gasteiger partial charge on any atom is 2.00 e. The molecule has 0 heterocycles. The van der Waals surface area contributed by atoms with Gasteiger partial charge in [0.15, 0.2) is 0 Å². The van der Waals surface area contributed by atoms with E-state index in [1.807, 2.05) is 0 Å². The minimum Gasteiger partial charge on any atom is -1.00 e. The van der Waals surface area contributed by atoms with Crippen molar-refractivity contribution in [2.45, 2.75) is 0 Å². The number of hydrogen-bond donors (Lipinski definition) is 1. The summed E-state index contributed by atoms with van der Waals surface area (Å²) in [5, 5.41) is 6.89. The molecule has 0 fully saturated rings. The van der Waals surface area contributed by atoms with Gasteiger partial charge in [0.1, 0.15) is 0 Å². The quantitative estimate of drug-likeness (QED) is 0.315. The summed E-state index contributed by atoms with van der Waals surface area (Å²) in [6, 6.07) is 0. The molecule has 6 heavy (non-hydrogen) atoms. The number of hydrogen-bond acceptors (Lipinski definition) is 1. The molecule has 0 atom stereocenters. The van der Waals surface area contributed by atoms with E-state index >= 15 is 0 Å². The van der Waals surface area contributed by atoms with Crippen LogP contribution in [0.1, 0.15) is 0 Å². The van der Waals surface area contributed by atoms with Gasteiger partial charge in [-0.25, -0.2) is 0 Å². The van der Waals surface area contributed by atoms with Gasteiger partial charge in [-0.2, -0.15) is 0 Å². The van der Waals surface area contributed by atoms with Gasteiger partial charge in [-0.05, 0) is 0 Å². The van der Waals surface area contributed by atoms with Crippen molar-refractivity contribution in [3.63, 3.8) is 0 Å². The number of carboxylic acid groups (broad SMARTS) is 1. The molecule has 0 aromatic rings. The molecule has 0 aliphatic rings. The van der Waals surface area contributed by atoms with Crippen LogP contribution in [0.4, 0.5) is 0 Å². The fourth-order valence-corrected chi connectivity index (χ4v) is 0. The molecule has 0 saturated carbocycles. The van der Waals surface area contributed by atoms with Gasteiger partial charge in [0.05, 0.1) is 0 Å². The van der Waals surface area contributed by atoms with Crippen molar-refractivity contribution >= 4 is 52.0 Å². The zero-order valence-electron chi connectivity index (χ0n) is 2.90. The Hall–Kier alpha value is 1.53. The van der Waals surface area contributed by atoms with Crippen LogP contribution in [-0.4, -0.2) is 57.1 Å². The summed E-state index contributed by atoms with van der Waals surface area (Å²) in [4.78, 5) is 8.36. The van der Waals surface area contributed by atoms with Crippen LogP contribution < -0.4 is 24.8 Å². The molecule has 0 unspecified atom stereocenters. The van der Waals surface area contributed by atoms with E-state index in [4.69, 9.17) is 9.90 Å². The SMILES string of the molecule is O=CO.[Cl-].[Cl-].[Sr+2]. The summed E-state index contributed by atoms with van der Waals surface area (Å²) in [5.74, 6) is 0. The Morgan fingerprint density at radius 2 is 1.33 bits per heavy atom. The summed E-state index contributed by atoms with van der Waals surface area (Å²) >= 11 is 0. The summed E-state index contributed by atoms with van der Waals surface area (Å²) in [6.45, 7) is -0.250. The Labute approximate surface area is 85.4 Å². The molecular weight excluding hydrogens is 203 g/mol. The monoisotopic (exact) mass is 204 g/mol. The number of rotatable bonds is 0. The summed E-state index contributed by atoms with van der Waals surface area (Å²) in [7, 11) is 0. The molecule has 0 rings (SSSR count). The Balaban J connectivity index is -0.00000000667. The van der Waals surface area contributed by atoms with E-state index in [1.165, 1.54) is 0 Å². The maximum atomic E-state index is 8.36. The Morgan fingerprint density at radius 1 is 1.33 bits per heavy atom. The molecule has 0 aliphatic carbocycles. The zero-order chi connectivity index (χ0) is 2.71. The molecule has 2 nitrogen and oxygen atoms in total. The molecule has 0 radical (unpaired) electrons. The van der Waals surface area contributed by atoms with E-state index < -0.39 is 0 Å². The van der Waals surface area contributed by atoms with Crippen molar-refractivity contribution in [3.05, 3.63) is 0 Å². The second-order valence-corrected chi connectivity index (χ2v) is 0.105. The molecule has 1 N–H and O–H groups in total. The van der Waals surface area contributed by atoms with E-state index in [0.29, 0.717) is 0 Å². The fourth-order valence-electron chi connectivity index (χ4n) is 0. The van der Waals surface area contributed by atoms with Crippen LogP contribution in [0, 0.1) is 0 Å². The van der Waals surface area contributed by atoms with Crippen molar-refractivity contribution in [3.8, 4) is 0 Å². The molecule has 0 aromatic heterocycles. The average molecular weight is 205 g/mol. The Bertz CT molecular complexity index is 19.0. The fraction of sp³-hybridized carbons (Fsp3) is 0. The first-order valence-corrected chi connectivity index (χ1v) is 0.494. The third-order valence-corrected chi connectivity index (χ3v) is 0. The largest absolute Gasteiger partial charge is 2.00 e. The van der Waals surface area contributed by atoms with Crippen LogP contribution in [0.3, 0.4) is 0 Å². The summed E-state index contributed by atoms with van der Waals surface area (Å²) < 4.78 is 0. The molecule has 0 aliphatic heterocycles. The van der Waals surface area contributed by atoms with Crippen LogP contribution in [0.25, 0.3) is 0 Å². The third-order valence-electron chi connectivity index (χ3n) is 0. The third kappa shape index (κ3) is 48.5. The first-order chi connectivity index (χ1) is 1.41. The van der Waals surface area contributed by atoms with Gasteiger partial charge in [-0.3, -0.25) is 4.79 Å². The standard InChI is InChI=1S/CH2O2.2ClH.Sr/c2-1-3;;;/h1H,(H,2,3);2*1H;/q;;;+2/p-2. The van der Waals surface area contributed by atoms with Crippen molar-refractivity contribution in [1.82, 2.24) is 0 Å². The zero-order valence-corrected chi connectivity index (χ0v) is 7.88. The molecule has 0 aromatic carbocycles. The first kappa shape index (κ1) is 25.8. The Kier molecular flexibility index (Phi) is 134. The van der Waals surface area contributed by atoms with Crippen LogP contribution in [0.15, 0.2) is 0 Å². The molecule has 0 saturated heterocycles. The number of carbonyl (C=O) groups is 1. The van der Waals surface area contributed by atoms with Crippen LogP contribution in [-0.2, 0) is 4.79 Å². The van der Waals surface area contributed by atoms with Gasteiger partial charge in [0, 0.05) is 0 Å². The predicted octanol–water partition coefficient (Wildman–Crippen LogP) is -6.67. The van der Waals surface area contributed by atoms with Gasteiger partial charge < -0.3 is 29.9 Å². The molecule has 0 spiro atoms. The minimum absolute atomic E-state index is 0. The predicted molar refractivity (Wildman–Crippen MR) is 14.4 cm³/mol. The molecular formula is CH2Cl2O2Sr. The smallest absolute Gasteiger partial charge is 1.00 e. The normalized spacial score (nSPS) is 2.00.